The summed E-state index contributed by atoms with van der Waals surface area (Å²) >= 11 is 0. The van der Waals surface area contributed by atoms with Crippen LogP contribution < -0.4 is 10.6 Å². The van der Waals surface area contributed by atoms with Gasteiger partial charge in [0.25, 0.3) is 11.8 Å². The van der Waals surface area contributed by atoms with Gasteiger partial charge in [0.1, 0.15) is 6.04 Å². The smallest absolute Gasteiger partial charge is 0.262 e. The Hall–Kier alpha value is -2.94. The first-order valence-electron chi connectivity index (χ1n) is 12.6. The summed E-state index contributed by atoms with van der Waals surface area (Å²) in [7, 11) is 0. The van der Waals surface area contributed by atoms with Crippen LogP contribution in [0.15, 0.2) is 18.2 Å². The molecule has 0 aliphatic carbocycles. The van der Waals surface area contributed by atoms with Crippen molar-refractivity contribution < 1.29 is 48.0 Å². The summed E-state index contributed by atoms with van der Waals surface area (Å²) in [4.78, 5) is 50.1. The third kappa shape index (κ3) is 8.82. The number of amides is 4. The SMILES string of the molecule is O=C1CCC(N2C(=O)c3ccc(NCCOCCOCCOCCOCCOCCO)cc3C2=O)C(=O)N1. The number of carbonyl (C=O) groups excluding carboxylic acids is 4. The molecule has 13 nitrogen and oxygen atoms in total. The molecular formula is C25H35N3O10. The Labute approximate surface area is 220 Å². The lowest BCUT2D eigenvalue weighted by molar-refractivity contribution is -0.136. The second-order valence-corrected chi connectivity index (χ2v) is 8.42. The van der Waals surface area contributed by atoms with E-state index in [9.17, 15) is 19.2 Å². The maximum atomic E-state index is 12.9. The van der Waals surface area contributed by atoms with Crippen LogP contribution in [-0.4, -0.2) is 119 Å². The monoisotopic (exact) mass is 537 g/mol. The van der Waals surface area contributed by atoms with Gasteiger partial charge in [-0.1, -0.05) is 0 Å². The van der Waals surface area contributed by atoms with E-state index in [1.807, 2.05) is 0 Å². The molecule has 1 aromatic carbocycles. The van der Waals surface area contributed by atoms with Gasteiger partial charge in [-0.3, -0.25) is 29.4 Å². The van der Waals surface area contributed by atoms with Crippen molar-refractivity contribution in [3.05, 3.63) is 29.3 Å². The fourth-order valence-electron chi connectivity index (χ4n) is 3.89. The van der Waals surface area contributed by atoms with Crippen LogP contribution in [0.5, 0.6) is 0 Å². The number of aliphatic hydroxyl groups excluding tert-OH is 1. The fourth-order valence-corrected chi connectivity index (χ4v) is 3.89. The summed E-state index contributed by atoms with van der Waals surface area (Å²) < 4.78 is 26.7. The number of ether oxygens (including phenoxy) is 5. The highest BCUT2D eigenvalue weighted by Crippen LogP contribution is 2.29. The van der Waals surface area contributed by atoms with Crippen molar-refractivity contribution in [3.8, 4) is 0 Å². The molecule has 1 aromatic rings. The van der Waals surface area contributed by atoms with Crippen molar-refractivity contribution >= 4 is 29.3 Å². The van der Waals surface area contributed by atoms with E-state index in [0.29, 0.717) is 78.3 Å². The van der Waals surface area contributed by atoms with Crippen LogP contribution in [0.2, 0.25) is 0 Å². The van der Waals surface area contributed by atoms with Gasteiger partial charge in [0.2, 0.25) is 11.8 Å². The number of imide groups is 2. The van der Waals surface area contributed by atoms with Gasteiger partial charge in [0, 0.05) is 18.7 Å². The van der Waals surface area contributed by atoms with E-state index in [1.54, 1.807) is 18.2 Å². The summed E-state index contributed by atoms with van der Waals surface area (Å²) in [5, 5.41) is 13.9. The van der Waals surface area contributed by atoms with Crippen molar-refractivity contribution in [3.63, 3.8) is 0 Å². The minimum absolute atomic E-state index is 0.00346. The minimum atomic E-state index is -0.985. The predicted molar refractivity (Wildman–Crippen MR) is 133 cm³/mol. The Morgan fingerprint density at radius 3 is 1.92 bits per heavy atom. The summed E-state index contributed by atoms with van der Waals surface area (Å²) in [5.74, 6) is -2.12. The fraction of sp³-hybridized carbons (Fsp3) is 0.600. The van der Waals surface area contributed by atoms with E-state index in [-0.39, 0.29) is 30.6 Å². The lowest BCUT2D eigenvalue weighted by Crippen LogP contribution is -2.54. The topological polar surface area (TPSA) is 162 Å². The molecule has 0 aromatic heterocycles. The Morgan fingerprint density at radius 1 is 0.789 bits per heavy atom. The van der Waals surface area contributed by atoms with Crippen molar-refractivity contribution in [1.82, 2.24) is 10.2 Å². The number of hydrogen-bond donors (Lipinski definition) is 3. The largest absolute Gasteiger partial charge is 0.394 e. The number of fused-ring (bicyclic) bond motifs is 1. The van der Waals surface area contributed by atoms with Crippen LogP contribution >= 0.6 is 0 Å². The van der Waals surface area contributed by atoms with Crippen molar-refractivity contribution in [2.45, 2.75) is 18.9 Å². The Kier molecular flexibility index (Phi) is 12.6. The maximum absolute atomic E-state index is 12.9. The van der Waals surface area contributed by atoms with Crippen LogP contribution in [0, 0.1) is 0 Å². The maximum Gasteiger partial charge on any atom is 0.262 e. The lowest BCUT2D eigenvalue weighted by Gasteiger charge is -2.27. The Balaban J connectivity index is 1.23. The van der Waals surface area contributed by atoms with Gasteiger partial charge in [-0.05, 0) is 24.6 Å². The average molecular weight is 538 g/mol. The minimum Gasteiger partial charge on any atom is -0.394 e. The molecule has 0 spiro atoms. The molecule has 38 heavy (non-hydrogen) atoms. The van der Waals surface area contributed by atoms with Crippen LogP contribution in [0.25, 0.3) is 0 Å². The molecule has 0 bridgehead atoms. The summed E-state index contributed by atoms with van der Waals surface area (Å²) in [6.07, 6.45) is 0.197. The van der Waals surface area contributed by atoms with Gasteiger partial charge in [-0.2, -0.15) is 0 Å². The van der Waals surface area contributed by atoms with Gasteiger partial charge in [-0.25, -0.2) is 0 Å². The van der Waals surface area contributed by atoms with E-state index < -0.39 is 29.7 Å². The third-order valence-electron chi connectivity index (χ3n) is 5.74. The van der Waals surface area contributed by atoms with Crippen LogP contribution in [-0.2, 0) is 33.3 Å². The zero-order valence-corrected chi connectivity index (χ0v) is 21.3. The Bertz CT molecular complexity index is 957. The second kappa shape index (κ2) is 16.1. The van der Waals surface area contributed by atoms with Crippen molar-refractivity contribution in [2.75, 3.05) is 84.5 Å². The zero-order valence-electron chi connectivity index (χ0n) is 21.3. The van der Waals surface area contributed by atoms with Crippen LogP contribution in [0.1, 0.15) is 33.6 Å². The quantitative estimate of drug-likeness (QED) is 0.155. The molecule has 2 aliphatic rings. The highest BCUT2D eigenvalue weighted by atomic mass is 16.6. The molecular weight excluding hydrogens is 502 g/mol. The number of anilines is 1. The molecule has 13 heteroatoms. The van der Waals surface area contributed by atoms with E-state index in [0.717, 1.165) is 4.90 Å². The summed E-state index contributed by atoms with van der Waals surface area (Å²) in [6, 6.07) is 3.85. The number of hydrogen-bond acceptors (Lipinski definition) is 11. The normalized spacial score (nSPS) is 17.2. The molecule has 2 aliphatic heterocycles. The van der Waals surface area contributed by atoms with Crippen molar-refractivity contribution in [1.29, 1.82) is 0 Å². The molecule has 3 N–H and O–H groups in total. The number of nitrogens with one attached hydrogen (secondary N) is 2. The molecule has 1 atom stereocenters. The van der Waals surface area contributed by atoms with Gasteiger partial charge in [0.15, 0.2) is 0 Å². The summed E-state index contributed by atoms with van der Waals surface area (Å²) in [5.41, 5.74) is 1.10. The van der Waals surface area contributed by atoms with Gasteiger partial charge in [-0.15, -0.1) is 0 Å². The third-order valence-corrected chi connectivity index (χ3v) is 5.74. The first-order chi connectivity index (χ1) is 18.5. The first-order valence-corrected chi connectivity index (χ1v) is 12.6. The Morgan fingerprint density at radius 2 is 1.34 bits per heavy atom. The number of carbonyl (C=O) groups is 4. The number of piperidine rings is 1. The van der Waals surface area contributed by atoms with E-state index >= 15 is 0 Å². The molecule has 1 saturated heterocycles. The molecule has 210 valence electrons. The van der Waals surface area contributed by atoms with E-state index in [1.165, 1.54) is 0 Å². The van der Waals surface area contributed by atoms with Crippen LogP contribution in [0.3, 0.4) is 0 Å². The molecule has 2 heterocycles. The standard InChI is InChI=1S/C25H35N3O10/c29-6-8-35-10-12-37-14-16-38-15-13-36-11-9-34-7-5-26-18-1-2-19-20(17-18)25(33)28(24(19)32)21-3-4-22(30)27-23(21)31/h1-2,17,21,26,29H,3-16H2,(H,27,30,31). The van der Waals surface area contributed by atoms with Crippen LogP contribution in [0.4, 0.5) is 5.69 Å². The summed E-state index contributed by atoms with van der Waals surface area (Å²) in [6.45, 7) is 4.76. The molecule has 4 amide bonds. The van der Waals surface area contributed by atoms with Gasteiger partial charge >= 0.3 is 0 Å². The molecule has 1 fully saturated rings. The van der Waals surface area contributed by atoms with E-state index in [2.05, 4.69) is 10.6 Å². The molecule has 3 rings (SSSR count). The average Bonchev–Trinajstić information content (AvgIpc) is 3.15. The zero-order chi connectivity index (χ0) is 27.2. The number of aliphatic hydroxyl groups is 1. The van der Waals surface area contributed by atoms with Gasteiger partial charge < -0.3 is 34.1 Å². The number of rotatable bonds is 19. The highest BCUT2D eigenvalue weighted by Gasteiger charge is 2.44. The van der Waals surface area contributed by atoms with E-state index in [4.69, 9.17) is 28.8 Å². The molecule has 1 unspecified atom stereocenters. The number of nitrogens with zero attached hydrogens (tertiary/aromatic N) is 1. The second-order valence-electron chi connectivity index (χ2n) is 8.42. The molecule has 0 saturated carbocycles. The van der Waals surface area contributed by atoms with Crippen molar-refractivity contribution in [2.24, 2.45) is 0 Å². The van der Waals surface area contributed by atoms with Gasteiger partial charge in [0.05, 0.1) is 83.8 Å². The lowest BCUT2D eigenvalue weighted by atomic mass is 10.0. The number of benzene rings is 1. The predicted octanol–water partition coefficient (Wildman–Crippen LogP) is -0.425. The first kappa shape index (κ1) is 29.6. The highest BCUT2D eigenvalue weighted by molar-refractivity contribution is 6.23. The molecule has 0 radical (unpaired) electrons.